The summed E-state index contributed by atoms with van der Waals surface area (Å²) in [7, 11) is 1.48. The van der Waals surface area contributed by atoms with Crippen molar-refractivity contribution in [3.05, 3.63) is 35.8 Å². The molecule has 19 heavy (non-hydrogen) atoms. The van der Waals surface area contributed by atoms with E-state index in [4.69, 9.17) is 14.9 Å². The van der Waals surface area contributed by atoms with Crippen LogP contribution in [0, 0.1) is 5.82 Å². The predicted molar refractivity (Wildman–Crippen MR) is 70.6 cm³/mol. The van der Waals surface area contributed by atoms with Crippen LogP contribution < -0.4 is 15.8 Å². The van der Waals surface area contributed by atoms with E-state index in [-0.39, 0.29) is 5.69 Å². The molecular formula is C13H16FN3O2. The number of aromatic nitrogens is 1. The zero-order valence-corrected chi connectivity index (χ0v) is 10.9. The first-order valence-electron chi connectivity index (χ1n) is 5.94. The lowest BCUT2D eigenvalue weighted by Gasteiger charge is -2.10. The largest absolute Gasteiger partial charge is 0.495 e. The maximum Gasteiger partial charge on any atom is 0.213 e. The molecule has 3 N–H and O–H groups in total. The first-order valence-corrected chi connectivity index (χ1v) is 5.94. The van der Waals surface area contributed by atoms with Crippen LogP contribution in [0.2, 0.25) is 0 Å². The second-order valence-electron chi connectivity index (χ2n) is 4.00. The lowest BCUT2D eigenvalue weighted by molar-refractivity contribution is 0.416. The number of ether oxygens (including phenoxy) is 1. The van der Waals surface area contributed by atoms with Gasteiger partial charge in [-0.1, -0.05) is 6.92 Å². The van der Waals surface area contributed by atoms with Gasteiger partial charge >= 0.3 is 0 Å². The van der Waals surface area contributed by atoms with Crippen molar-refractivity contribution in [2.75, 3.05) is 18.2 Å². The van der Waals surface area contributed by atoms with Gasteiger partial charge in [0.15, 0.2) is 0 Å². The highest BCUT2D eigenvalue weighted by Crippen LogP contribution is 2.28. The fourth-order valence-corrected chi connectivity index (χ4v) is 1.65. The van der Waals surface area contributed by atoms with Crippen molar-refractivity contribution in [2.24, 2.45) is 0 Å². The average Bonchev–Trinajstić information content (AvgIpc) is 2.86. The fourth-order valence-electron chi connectivity index (χ4n) is 1.65. The summed E-state index contributed by atoms with van der Waals surface area (Å²) in [6.07, 6.45) is 2.44. The van der Waals surface area contributed by atoms with Gasteiger partial charge in [-0.2, -0.15) is 0 Å². The maximum absolute atomic E-state index is 13.7. The van der Waals surface area contributed by atoms with Crippen LogP contribution in [0.4, 0.5) is 15.8 Å². The maximum atomic E-state index is 13.7. The van der Waals surface area contributed by atoms with Crippen molar-refractivity contribution in [2.45, 2.75) is 19.9 Å². The fraction of sp³-hybridized carbons (Fsp3) is 0.308. The van der Waals surface area contributed by atoms with Crippen LogP contribution in [0.25, 0.3) is 0 Å². The normalized spacial score (nSPS) is 10.5. The summed E-state index contributed by atoms with van der Waals surface area (Å²) in [6.45, 7) is 2.27. The van der Waals surface area contributed by atoms with Gasteiger partial charge in [0.25, 0.3) is 0 Å². The Morgan fingerprint density at radius 3 is 2.89 bits per heavy atom. The van der Waals surface area contributed by atoms with Gasteiger partial charge in [-0.15, -0.1) is 0 Å². The van der Waals surface area contributed by atoms with E-state index in [9.17, 15) is 4.39 Å². The molecule has 5 nitrogen and oxygen atoms in total. The van der Waals surface area contributed by atoms with Crippen molar-refractivity contribution in [1.29, 1.82) is 0 Å². The Balaban J connectivity index is 2.10. The number of methoxy groups -OCH3 is 1. The summed E-state index contributed by atoms with van der Waals surface area (Å²) in [4.78, 5) is 4.08. The molecule has 6 heteroatoms. The predicted octanol–water partition coefficient (Wildman–Crippen LogP) is 2.58. The molecule has 0 saturated carbocycles. The zero-order chi connectivity index (χ0) is 13.8. The SMILES string of the molecule is CCc1cnc(CNc2cc(OC)c(N)cc2F)o1. The van der Waals surface area contributed by atoms with E-state index < -0.39 is 5.82 Å². The van der Waals surface area contributed by atoms with Crippen molar-refractivity contribution in [1.82, 2.24) is 4.98 Å². The number of nitrogen functional groups attached to an aromatic ring is 1. The summed E-state index contributed by atoms with van der Waals surface area (Å²) in [5.74, 6) is 1.28. The highest BCUT2D eigenvalue weighted by atomic mass is 19.1. The smallest absolute Gasteiger partial charge is 0.213 e. The molecule has 1 aromatic heterocycles. The van der Waals surface area contributed by atoms with Gasteiger partial charge in [0.1, 0.15) is 17.3 Å². The minimum atomic E-state index is -0.444. The van der Waals surface area contributed by atoms with E-state index in [0.29, 0.717) is 23.9 Å². The van der Waals surface area contributed by atoms with Crippen LogP contribution in [-0.2, 0) is 13.0 Å². The second-order valence-corrected chi connectivity index (χ2v) is 4.00. The number of halogens is 1. The number of anilines is 2. The van der Waals surface area contributed by atoms with Gasteiger partial charge in [-0.05, 0) is 0 Å². The number of aryl methyl sites for hydroxylation is 1. The minimum Gasteiger partial charge on any atom is -0.495 e. The van der Waals surface area contributed by atoms with E-state index in [1.54, 1.807) is 6.20 Å². The number of nitrogens with one attached hydrogen (secondary N) is 1. The third-order valence-electron chi connectivity index (χ3n) is 2.70. The van der Waals surface area contributed by atoms with E-state index in [1.165, 1.54) is 19.2 Å². The topological polar surface area (TPSA) is 73.3 Å². The molecule has 0 aliphatic rings. The van der Waals surface area contributed by atoms with E-state index in [0.717, 1.165) is 12.2 Å². The first kappa shape index (κ1) is 13.2. The molecule has 0 atom stereocenters. The van der Waals surface area contributed by atoms with E-state index in [1.807, 2.05) is 6.92 Å². The van der Waals surface area contributed by atoms with E-state index >= 15 is 0 Å². The van der Waals surface area contributed by atoms with Crippen molar-refractivity contribution in [3.8, 4) is 5.75 Å². The number of hydrogen-bond acceptors (Lipinski definition) is 5. The Bertz CT molecular complexity index is 569. The number of nitrogens with two attached hydrogens (primary N) is 1. The molecule has 0 unspecified atom stereocenters. The second kappa shape index (κ2) is 5.60. The van der Waals surface area contributed by atoms with Crippen molar-refractivity contribution < 1.29 is 13.5 Å². The Morgan fingerprint density at radius 1 is 1.47 bits per heavy atom. The van der Waals surface area contributed by atoms with Gasteiger partial charge in [-0.3, -0.25) is 0 Å². The molecule has 0 spiro atoms. The lowest BCUT2D eigenvalue weighted by Crippen LogP contribution is -2.03. The molecule has 1 aromatic carbocycles. The first-order chi connectivity index (χ1) is 9.13. The molecule has 2 aromatic rings. The number of oxazole rings is 1. The molecule has 0 aliphatic carbocycles. The highest BCUT2D eigenvalue weighted by molar-refractivity contribution is 5.62. The van der Waals surface area contributed by atoms with Gasteiger partial charge in [-0.25, -0.2) is 9.37 Å². The summed E-state index contributed by atoms with van der Waals surface area (Å²) in [6, 6.07) is 2.72. The van der Waals surface area contributed by atoms with Crippen LogP contribution >= 0.6 is 0 Å². The summed E-state index contributed by atoms with van der Waals surface area (Å²) in [5.41, 5.74) is 6.16. The summed E-state index contributed by atoms with van der Waals surface area (Å²) < 4.78 is 24.2. The Kier molecular flexibility index (Phi) is 3.89. The zero-order valence-electron chi connectivity index (χ0n) is 10.9. The molecule has 0 radical (unpaired) electrons. The molecule has 1 heterocycles. The molecule has 0 fully saturated rings. The Labute approximate surface area is 110 Å². The molecule has 0 aliphatic heterocycles. The molecule has 0 saturated heterocycles. The van der Waals surface area contributed by atoms with Gasteiger partial charge in [0.05, 0.1) is 31.2 Å². The quantitative estimate of drug-likeness (QED) is 0.813. The van der Waals surface area contributed by atoms with Crippen molar-refractivity contribution in [3.63, 3.8) is 0 Å². The molecule has 0 bridgehead atoms. The lowest BCUT2D eigenvalue weighted by atomic mass is 10.2. The number of nitrogens with zero attached hydrogens (tertiary/aromatic N) is 1. The molecular weight excluding hydrogens is 249 g/mol. The van der Waals surface area contributed by atoms with Crippen LogP contribution in [0.1, 0.15) is 18.6 Å². The average molecular weight is 265 g/mol. The molecule has 102 valence electrons. The summed E-state index contributed by atoms with van der Waals surface area (Å²) in [5, 5.41) is 2.90. The number of benzene rings is 1. The summed E-state index contributed by atoms with van der Waals surface area (Å²) >= 11 is 0. The van der Waals surface area contributed by atoms with Crippen LogP contribution in [-0.4, -0.2) is 12.1 Å². The third kappa shape index (κ3) is 2.96. The number of rotatable bonds is 5. The van der Waals surface area contributed by atoms with Crippen LogP contribution in [0.3, 0.4) is 0 Å². The minimum absolute atomic E-state index is 0.259. The third-order valence-corrected chi connectivity index (χ3v) is 2.70. The van der Waals surface area contributed by atoms with Crippen LogP contribution in [0.15, 0.2) is 22.7 Å². The standard InChI is InChI=1S/C13H16FN3O2/c1-3-8-6-17-13(19-8)7-16-11-5-12(18-2)10(15)4-9(11)14/h4-6,16H,3,7,15H2,1-2H3. The highest BCUT2D eigenvalue weighted by Gasteiger charge is 2.09. The van der Waals surface area contributed by atoms with E-state index in [2.05, 4.69) is 10.3 Å². The van der Waals surface area contributed by atoms with Crippen LogP contribution in [0.5, 0.6) is 5.75 Å². The number of hydrogen-bond donors (Lipinski definition) is 2. The van der Waals surface area contributed by atoms with Gasteiger partial charge in [0.2, 0.25) is 5.89 Å². The Hall–Kier alpha value is -2.24. The Morgan fingerprint density at radius 2 is 2.26 bits per heavy atom. The monoisotopic (exact) mass is 265 g/mol. The molecule has 0 amide bonds. The van der Waals surface area contributed by atoms with Crippen molar-refractivity contribution >= 4 is 11.4 Å². The van der Waals surface area contributed by atoms with Gasteiger partial charge < -0.3 is 20.2 Å². The molecule has 2 rings (SSSR count). The van der Waals surface area contributed by atoms with Gasteiger partial charge in [0, 0.05) is 18.6 Å².